The summed E-state index contributed by atoms with van der Waals surface area (Å²) >= 11 is 0. The summed E-state index contributed by atoms with van der Waals surface area (Å²) < 4.78 is 15.5. The van der Waals surface area contributed by atoms with Gasteiger partial charge in [0, 0.05) is 39.0 Å². The van der Waals surface area contributed by atoms with Crippen molar-refractivity contribution >= 4 is 17.6 Å². The summed E-state index contributed by atoms with van der Waals surface area (Å²) in [4.78, 5) is 33.8. The lowest BCUT2D eigenvalue weighted by Gasteiger charge is -2.08. The molecule has 24 heavy (non-hydrogen) atoms. The molecule has 2 amide bonds. The minimum atomic E-state index is -0.245. The van der Waals surface area contributed by atoms with Crippen molar-refractivity contribution in [1.29, 1.82) is 0 Å². The summed E-state index contributed by atoms with van der Waals surface area (Å²) in [6.07, 6.45) is 1.24. The molecule has 0 rings (SSSR count). The third kappa shape index (κ3) is 15.4. The maximum Gasteiger partial charge on any atom is 0.246 e. The van der Waals surface area contributed by atoms with E-state index in [0.717, 1.165) is 0 Å². The first kappa shape index (κ1) is 22.5. The molecular formula is C16H30N2O6. The molecule has 0 fully saturated rings. The van der Waals surface area contributed by atoms with Crippen LogP contribution in [0, 0.1) is 0 Å². The van der Waals surface area contributed by atoms with Crippen molar-refractivity contribution in [3.63, 3.8) is 0 Å². The van der Waals surface area contributed by atoms with Gasteiger partial charge in [-0.15, -0.1) is 0 Å². The summed E-state index contributed by atoms with van der Waals surface area (Å²) in [6.45, 7) is 6.34. The monoisotopic (exact) mass is 346 g/mol. The van der Waals surface area contributed by atoms with Crippen LogP contribution in [0.4, 0.5) is 0 Å². The Kier molecular flexibility index (Phi) is 15.3. The lowest BCUT2D eigenvalue weighted by molar-refractivity contribution is -0.126. The molecule has 0 radical (unpaired) electrons. The highest BCUT2D eigenvalue weighted by Crippen LogP contribution is 1.89. The van der Waals surface area contributed by atoms with E-state index >= 15 is 0 Å². The number of hydrogen-bond donors (Lipinski definition) is 2. The van der Waals surface area contributed by atoms with Crippen molar-refractivity contribution in [2.24, 2.45) is 0 Å². The number of carbonyl (C=O) groups excluding carboxylic acids is 3. The predicted molar refractivity (Wildman–Crippen MR) is 88.7 cm³/mol. The molecule has 0 aromatic carbocycles. The van der Waals surface area contributed by atoms with Gasteiger partial charge in [-0.2, -0.15) is 0 Å². The summed E-state index contributed by atoms with van der Waals surface area (Å²) in [5.74, 6) is -0.182. The van der Waals surface area contributed by atoms with Crippen LogP contribution in [0.2, 0.25) is 0 Å². The standard InChI is InChI=1S/C16H30N2O6/c1-3-14(19)5-9-23-11-7-18-16(21)13-24-12-8-17-15(20)6-10-22-4-2/h3-13H2,1-2H3,(H,17,20)(H,18,21). The van der Waals surface area contributed by atoms with Gasteiger partial charge in [0.1, 0.15) is 12.4 Å². The van der Waals surface area contributed by atoms with Crippen LogP contribution in [0.15, 0.2) is 0 Å². The van der Waals surface area contributed by atoms with E-state index in [1.165, 1.54) is 0 Å². The number of amides is 2. The molecule has 0 spiro atoms. The highest BCUT2D eigenvalue weighted by molar-refractivity contribution is 5.78. The van der Waals surface area contributed by atoms with E-state index < -0.39 is 0 Å². The van der Waals surface area contributed by atoms with Crippen LogP contribution in [0.3, 0.4) is 0 Å². The van der Waals surface area contributed by atoms with Crippen LogP contribution in [0.1, 0.15) is 33.1 Å². The third-order valence-corrected chi connectivity index (χ3v) is 2.97. The maximum absolute atomic E-state index is 11.5. The van der Waals surface area contributed by atoms with Crippen molar-refractivity contribution in [2.75, 3.05) is 52.7 Å². The smallest absolute Gasteiger partial charge is 0.246 e. The van der Waals surface area contributed by atoms with Gasteiger partial charge in [-0.3, -0.25) is 14.4 Å². The molecule has 0 aromatic heterocycles. The Morgan fingerprint density at radius 2 is 1.38 bits per heavy atom. The fourth-order valence-electron chi connectivity index (χ4n) is 1.60. The zero-order chi connectivity index (χ0) is 18.0. The zero-order valence-electron chi connectivity index (χ0n) is 14.7. The molecule has 0 saturated carbocycles. The van der Waals surface area contributed by atoms with Gasteiger partial charge in [-0.1, -0.05) is 6.92 Å². The summed E-state index contributed by atoms with van der Waals surface area (Å²) in [5, 5.41) is 5.31. The lowest BCUT2D eigenvalue weighted by atomic mass is 10.2. The summed E-state index contributed by atoms with van der Waals surface area (Å²) in [5.41, 5.74) is 0. The van der Waals surface area contributed by atoms with Crippen molar-refractivity contribution < 1.29 is 28.6 Å². The van der Waals surface area contributed by atoms with Crippen molar-refractivity contribution in [3.05, 3.63) is 0 Å². The Morgan fingerprint density at radius 1 is 0.750 bits per heavy atom. The molecule has 0 aliphatic carbocycles. The third-order valence-electron chi connectivity index (χ3n) is 2.97. The second-order valence-electron chi connectivity index (χ2n) is 4.95. The minimum absolute atomic E-state index is 0.0663. The molecule has 0 atom stereocenters. The van der Waals surface area contributed by atoms with Gasteiger partial charge in [0.05, 0.1) is 26.4 Å². The Bertz CT molecular complexity index is 362. The van der Waals surface area contributed by atoms with Crippen LogP contribution < -0.4 is 10.6 Å². The number of nitrogens with one attached hydrogen (secondary N) is 2. The van der Waals surface area contributed by atoms with Crippen molar-refractivity contribution in [2.45, 2.75) is 33.1 Å². The molecule has 140 valence electrons. The molecule has 8 heteroatoms. The SMILES string of the molecule is CCOCCC(=O)NCCOCC(=O)NCCOCCC(=O)CC. The Morgan fingerprint density at radius 3 is 2.04 bits per heavy atom. The predicted octanol–water partition coefficient (Wildman–Crippen LogP) is 0.0478. The van der Waals surface area contributed by atoms with Gasteiger partial charge < -0.3 is 24.8 Å². The summed E-state index contributed by atoms with van der Waals surface area (Å²) in [7, 11) is 0. The topological polar surface area (TPSA) is 103 Å². The normalized spacial score (nSPS) is 10.4. The molecule has 2 N–H and O–H groups in total. The van der Waals surface area contributed by atoms with E-state index in [0.29, 0.717) is 58.8 Å². The number of ether oxygens (including phenoxy) is 3. The van der Waals surface area contributed by atoms with Crippen LogP contribution in [-0.2, 0) is 28.6 Å². The van der Waals surface area contributed by atoms with Crippen molar-refractivity contribution in [3.8, 4) is 0 Å². The van der Waals surface area contributed by atoms with Gasteiger partial charge >= 0.3 is 0 Å². The zero-order valence-corrected chi connectivity index (χ0v) is 14.7. The average Bonchev–Trinajstić information content (AvgIpc) is 2.57. The van der Waals surface area contributed by atoms with Crippen LogP contribution >= 0.6 is 0 Å². The molecule has 0 bridgehead atoms. The summed E-state index contributed by atoms with van der Waals surface area (Å²) in [6, 6.07) is 0. The molecule has 0 saturated heterocycles. The first-order valence-corrected chi connectivity index (χ1v) is 8.38. The highest BCUT2D eigenvalue weighted by atomic mass is 16.5. The average molecular weight is 346 g/mol. The quantitative estimate of drug-likeness (QED) is 0.383. The molecule has 8 nitrogen and oxygen atoms in total. The van der Waals surface area contributed by atoms with Gasteiger partial charge in [-0.05, 0) is 6.92 Å². The lowest BCUT2D eigenvalue weighted by Crippen LogP contribution is -2.33. The molecule has 0 unspecified atom stereocenters. The van der Waals surface area contributed by atoms with Crippen molar-refractivity contribution in [1.82, 2.24) is 10.6 Å². The van der Waals surface area contributed by atoms with Gasteiger partial charge in [0.25, 0.3) is 0 Å². The maximum atomic E-state index is 11.5. The minimum Gasteiger partial charge on any atom is -0.381 e. The fraction of sp³-hybridized carbons (Fsp3) is 0.812. The van der Waals surface area contributed by atoms with Gasteiger partial charge in [-0.25, -0.2) is 0 Å². The largest absolute Gasteiger partial charge is 0.381 e. The first-order valence-electron chi connectivity index (χ1n) is 8.38. The molecular weight excluding hydrogens is 316 g/mol. The van der Waals surface area contributed by atoms with E-state index in [4.69, 9.17) is 14.2 Å². The Labute approximate surface area is 143 Å². The second-order valence-corrected chi connectivity index (χ2v) is 4.95. The molecule has 0 aromatic rings. The number of hydrogen-bond acceptors (Lipinski definition) is 6. The van der Waals surface area contributed by atoms with Crippen LogP contribution in [0.25, 0.3) is 0 Å². The van der Waals surface area contributed by atoms with E-state index in [2.05, 4.69) is 10.6 Å². The number of carbonyl (C=O) groups is 3. The second kappa shape index (κ2) is 16.4. The number of ketones is 1. The molecule has 0 aliphatic heterocycles. The van der Waals surface area contributed by atoms with Crippen LogP contribution in [-0.4, -0.2) is 70.3 Å². The Balaban J connectivity index is 3.35. The molecule has 0 aliphatic rings. The number of rotatable bonds is 16. The fourth-order valence-corrected chi connectivity index (χ4v) is 1.60. The number of Topliss-reactive ketones (excluding diaryl/α,β-unsaturated/α-hetero) is 1. The van der Waals surface area contributed by atoms with E-state index in [-0.39, 0.29) is 30.8 Å². The van der Waals surface area contributed by atoms with Gasteiger partial charge in [0.2, 0.25) is 11.8 Å². The molecule has 0 heterocycles. The first-order chi connectivity index (χ1) is 11.6. The van der Waals surface area contributed by atoms with Gasteiger partial charge in [0.15, 0.2) is 0 Å². The van der Waals surface area contributed by atoms with Crippen LogP contribution in [0.5, 0.6) is 0 Å². The Hall–Kier alpha value is -1.51. The van der Waals surface area contributed by atoms with E-state index in [9.17, 15) is 14.4 Å². The van der Waals surface area contributed by atoms with E-state index in [1.807, 2.05) is 13.8 Å². The highest BCUT2D eigenvalue weighted by Gasteiger charge is 2.03. The van der Waals surface area contributed by atoms with E-state index in [1.54, 1.807) is 0 Å².